The Bertz CT molecular complexity index is 480. The van der Waals surface area contributed by atoms with Crippen LogP contribution in [-0.4, -0.2) is 42.0 Å². The van der Waals surface area contributed by atoms with Gasteiger partial charge in [0.1, 0.15) is 12.4 Å². The number of nitrogens with one attached hydrogen (secondary N) is 1. The molecule has 1 N–H and O–H groups in total. The van der Waals surface area contributed by atoms with Crippen molar-refractivity contribution in [2.24, 2.45) is 0 Å². The van der Waals surface area contributed by atoms with Crippen LogP contribution in [0, 0.1) is 6.92 Å². The van der Waals surface area contributed by atoms with Gasteiger partial charge in [-0.3, -0.25) is 0 Å². The average Bonchev–Trinajstić information content (AvgIpc) is 2.60. The molecule has 0 saturated carbocycles. The molecule has 17 heavy (non-hydrogen) atoms. The molecule has 1 rings (SSSR count). The Morgan fingerprint density at radius 3 is 2.41 bits per heavy atom. The second-order valence-electron chi connectivity index (χ2n) is 3.38. The van der Waals surface area contributed by atoms with Crippen LogP contribution >= 0.6 is 0 Å². The topological polar surface area (TPSA) is 66.1 Å². The maximum atomic E-state index is 12.2. The molecule has 0 atom stereocenters. The average molecular weight is 271 g/mol. The van der Waals surface area contributed by atoms with Crippen LogP contribution in [0.15, 0.2) is 11.2 Å². The van der Waals surface area contributed by atoms with E-state index in [9.17, 15) is 21.6 Å². The number of H-pyrrole nitrogens is 1. The van der Waals surface area contributed by atoms with Gasteiger partial charge in [-0.1, -0.05) is 6.92 Å². The van der Waals surface area contributed by atoms with Gasteiger partial charge < -0.3 is 4.98 Å². The number of aromatic amines is 1. The van der Waals surface area contributed by atoms with Gasteiger partial charge in [0, 0.05) is 6.54 Å². The lowest BCUT2D eigenvalue weighted by molar-refractivity contribution is -0.135. The Hall–Kier alpha value is -1.09. The van der Waals surface area contributed by atoms with Gasteiger partial charge in [0.2, 0.25) is 0 Å². The fraction of sp³-hybridized carbons (Fsp3) is 0.625. The summed E-state index contributed by atoms with van der Waals surface area (Å²) in [5, 5.41) is -0.332. The van der Waals surface area contributed by atoms with E-state index < -0.39 is 22.7 Å². The smallest absolute Gasteiger partial charge is 0.332 e. The van der Waals surface area contributed by atoms with E-state index in [-0.39, 0.29) is 11.6 Å². The van der Waals surface area contributed by atoms with Crippen molar-refractivity contribution in [2.45, 2.75) is 25.0 Å². The molecule has 0 spiro atoms. The molecule has 0 aliphatic heterocycles. The largest absolute Gasteiger partial charge is 0.402 e. The summed E-state index contributed by atoms with van der Waals surface area (Å²) in [6.45, 7) is 1.08. The van der Waals surface area contributed by atoms with Crippen molar-refractivity contribution < 1.29 is 21.6 Å². The van der Waals surface area contributed by atoms with Crippen molar-refractivity contribution in [3.8, 4) is 0 Å². The zero-order valence-corrected chi connectivity index (χ0v) is 10.1. The highest BCUT2D eigenvalue weighted by molar-refractivity contribution is 7.89. The number of aryl methyl sites for hydroxylation is 1. The van der Waals surface area contributed by atoms with Crippen LogP contribution in [0.3, 0.4) is 0 Å². The molecule has 0 amide bonds. The Morgan fingerprint density at radius 2 is 2.06 bits per heavy atom. The summed E-state index contributed by atoms with van der Waals surface area (Å²) in [6.07, 6.45) is -3.57. The quantitative estimate of drug-likeness (QED) is 0.897. The van der Waals surface area contributed by atoms with Gasteiger partial charge in [-0.05, 0) is 6.92 Å². The summed E-state index contributed by atoms with van der Waals surface area (Å²) in [5.41, 5.74) is 0. The van der Waals surface area contributed by atoms with Gasteiger partial charge in [0.15, 0.2) is 5.03 Å². The minimum absolute atomic E-state index is 0.264. The van der Waals surface area contributed by atoms with E-state index in [0.29, 0.717) is 10.1 Å². The third kappa shape index (κ3) is 3.43. The van der Waals surface area contributed by atoms with E-state index in [4.69, 9.17) is 0 Å². The first-order valence-electron chi connectivity index (χ1n) is 4.75. The molecule has 1 aromatic rings. The summed E-state index contributed by atoms with van der Waals surface area (Å²) < 4.78 is 60.6. The van der Waals surface area contributed by atoms with Gasteiger partial charge in [0.25, 0.3) is 10.0 Å². The zero-order chi connectivity index (χ0) is 13.3. The number of sulfonamides is 1. The molecule has 0 radical (unpaired) electrons. The molecular formula is C8H12F3N3O2S. The van der Waals surface area contributed by atoms with Crippen LogP contribution in [0.5, 0.6) is 0 Å². The zero-order valence-electron chi connectivity index (χ0n) is 9.24. The molecule has 0 bridgehead atoms. The number of hydrogen-bond acceptors (Lipinski definition) is 3. The van der Waals surface area contributed by atoms with Crippen molar-refractivity contribution in [3.05, 3.63) is 12.0 Å². The highest BCUT2D eigenvalue weighted by atomic mass is 32.2. The summed E-state index contributed by atoms with van der Waals surface area (Å²) in [6, 6.07) is 0. The Kier molecular flexibility index (Phi) is 3.82. The normalized spacial score (nSPS) is 13.3. The number of alkyl halides is 3. The predicted molar refractivity (Wildman–Crippen MR) is 53.8 cm³/mol. The molecule has 0 aliphatic rings. The van der Waals surface area contributed by atoms with Gasteiger partial charge in [-0.25, -0.2) is 13.4 Å². The molecule has 0 aliphatic carbocycles. The molecule has 0 saturated heterocycles. The minimum atomic E-state index is -4.57. The van der Waals surface area contributed by atoms with Crippen molar-refractivity contribution >= 4 is 10.0 Å². The number of imidazole rings is 1. The van der Waals surface area contributed by atoms with Gasteiger partial charge in [-0.15, -0.1) is 0 Å². The highest BCUT2D eigenvalue weighted by Gasteiger charge is 2.36. The lowest BCUT2D eigenvalue weighted by Crippen LogP contribution is -2.38. The van der Waals surface area contributed by atoms with Gasteiger partial charge in [0.05, 0.1) is 6.20 Å². The third-order valence-corrected chi connectivity index (χ3v) is 3.84. The van der Waals surface area contributed by atoms with Crippen LogP contribution in [0.25, 0.3) is 0 Å². The van der Waals surface area contributed by atoms with Crippen LogP contribution in [0.1, 0.15) is 12.7 Å². The number of hydrogen-bond donors (Lipinski definition) is 1. The van der Waals surface area contributed by atoms with E-state index in [1.807, 2.05) is 0 Å². The first-order valence-corrected chi connectivity index (χ1v) is 6.19. The summed E-state index contributed by atoms with van der Waals surface area (Å²) in [5.74, 6) is 0.326. The van der Waals surface area contributed by atoms with E-state index in [1.165, 1.54) is 13.8 Å². The summed E-state index contributed by atoms with van der Waals surface area (Å²) in [7, 11) is -4.17. The number of rotatable bonds is 4. The molecular weight excluding hydrogens is 259 g/mol. The summed E-state index contributed by atoms with van der Waals surface area (Å²) in [4.78, 5) is 6.06. The molecule has 9 heteroatoms. The highest BCUT2D eigenvalue weighted by Crippen LogP contribution is 2.21. The molecule has 1 heterocycles. The molecule has 5 nitrogen and oxygen atoms in total. The fourth-order valence-electron chi connectivity index (χ4n) is 1.24. The van der Waals surface area contributed by atoms with Crippen molar-refractivity contribution in [1.82, 2.24) is 14.3 Å². The summed E-state index contributed by atoms with van der Waals surface area (Å²) >= 11 is 0. The van der Waals surface area contributed by atoms with Crippen molar-refractivity contribution in [3.63, 3.8) is 0 Å². The lowest BCUT2D eigenvalue weighted by atomic mass is 10.6. The number of halogens is 3. The second kappa shape index (κ2) is 4.65. The first kappa shape index (κ1) is 14.0. The Balaban J connectivity index is 3.03. The second-order valence-corrected chi connectivity index (χ2v) is 5.29. The standard InChI is InChI=1S/C8H12F3N3O2S/c1-3-14(5-8(9,10)11)17(15,16)7-4-12-6(2)13-7/h4H,3,5H2,1-2H3,(H,12,13). The Labute approximate surface area is 96.7 Å². The predicted octanol–water partition coefficient (Wildman–Crippen LogP) is 1.29. The van der Waals surface area contributed by atoms with Crippen LogP contribution in [0.2, 0.25) is 0 Å². The third-order valence-electron chi connectivity index (χ3n) is 2.01. The van der Waals surface area contributed by atoms with Gasteiger partial charge in [-0.2, -0.15) is 17.5 Å². The Morgan fingerprint density at radius 1 is 1.47 bits per heavy atom. The number of nitrogens with zero attached hydrogens (tertiary/aromatic N) is 2. The van der Waals surface area contributed by atoms with Gasteiger partial charge >= 0.3 is 6.18 Å². The maximum absolute atomic E-state index is 12.2. The first-order chi connectivity index (χ1) is 7.66. The molecule has 1 aromatic heterocycles. The van der Waals surface area contributed by atoms with E-state index >= 15 is 0 Å². The SMILES string of the molecule is CCN(CC(F)(F)F)S(=O)(=O)c1cnc(C)[nH]1. The monoisotopic (exact) mass is 271 g/mol. The minimum Gasteiger partial charge on any atom is -0.332 e. The van der Waals surface area contributed by atoms with Crippen molar-refractivity contribution in [1.29, 1.82) is 0 Å². The van der Waals surface area contributed by atoms with Crippen LogP contribution < -0.4 is 0 Å². The number of aromatic nitrogens is 2. The molecule has 98 valence electrons. The van der Waals surface area contributed by atoms with E-state index in [2.05, 4.69) is 9.97 Å². The molecule has 0 aromatic carbocycles. The van der Waals surface area contributed by atoms with E-state index in [1.54, 1.807) is 0 Å². The van der Waals surface area contributed by atoms with Crippen LogP contribution in [-0.2, 0) is 10.0 Å². The lowest BCUT2D eigenvalue weighted by Gasteiger charge is -2.20. The molecule has 0 fully saturated rings. The van der Waals surface area contributed by atoms with Crippen molar-refractivity contribution in [2.75, 3.05) is 13.1 Å². The molecule has 0 unspecified atom stereocenters. The van der Waals surface area contributed by atoms with Crippen LogP contribution in [0.4, 0.5) is 13.2 Å². The fourth-order valence-corrected chi connectivity index (χ4v) is 2.63. The maximum Gasteiger partial charge on any atom is 0.402 e. The van der Waals surface area contributed by atoms with E-state index in [0.717, 1.165) is 6.20 Å².